The molecule has 1 aliphatic rings. The largest absolute Gasteiger partial charge is 0.508 e. The predicted octanol–water partition coefficient (Wildman–Crippen LogP) is 0.920. The zero-order chi connectivity index (χ0) is 14.5. The van der Waals surface area contributed by atoms with Crippen molar-refractivity contribution < 1.29 is 15.1 Å². The molecule has 4 N–H and O–H groups in total. The van der Waals surface area contributed by atoms with E-state index in [0.717, 1.165) is 12.8 Å². The molecular weight excluding hydrogens is 258 g/mol. The van der Waals surface area contributed by atoms with E-state index in [1.165, 1.54) is 0 Å². The number of benzene rings is 1. The van der Waals surface area contributed by atoms with Crippen LogP contribution in [0.25, 0.3) is 0 Å². The zero-order valence-corrected chi connectivity index (χ0v) is 11.2. The van der Waals surface area contributed by atoms with Crippen LogP contribution in [-0.4, -0.2) is 40.0 Å². The summed E-state index contributed by atoms with van der Waals surface area (Å²) >= 11 is 0. The molecule has 0 bridgehead atoms. The minimum absolute atomic E-state index is 0.0538. The molecule has 1 saturated heterocycles. The molecule has 6 nitrogen and oxygen atoms in total. The third-order valence-electron chi connectivity index (χ3n) is 3.64. The summed E-state index contributed by atoms with van der Waals surface area (Å²) in [5.74, 6) is 0.153. The van der Waals surface area contributed by atoms with Crippen LogP contribution in [0.3, 0.4) is 0 Å². The van der Waals surface area contributed by atoms with Crippen LogP contribution in [0.15, 0.2) is 29.4 Å². The highest BCUT2D eigenvalue weighted by atomic mass is 16.4. The van der Waals surface area contributed by atoms with E-state index in [4.69, 9.17) is 10.9 Å². The van der Waals surface area contributed by atoms with Crippen molar-refractivity contribution >= 4 is 11.7 Å². The summed E-state index contributed by atoms with van der Waals surface area (Å²) in [7, 11) is 0. The van der Waals surface area contributed by atoms with Crippen molar-refractivity contribution in [2.75, 3.05) is 13.1 Å². The Morgan fingerprint density at radius 2 is 2.20 bits per heavy atom. The number of rotatable bonds is 3. The van der Waals surface area contributed by atoms with Crippen LogP contribution in [0, 0.1) is 5.92 Å². The number of nitrogens with zero attached hydrogens (tertiary/aromatic N) is 2. The fraction of sp³-hybridized carbons (Fsp3) is 0.429. The summed E-state index contributed by atoms with van der Waals surface area (Å²) in [5, 5.41) is 21.4. The lowest BCUT2D eigenvalue weighted by atomic mass is 9.96. The van der Waals surface area contributed by atoms with Gasteiger partial charge in [-0.2, -0.15) is 0 Å². The van der Waals surface area contributed by atoms with Crippen molar-refractivity contribution in [2.24, 2.45) is 16.8 Å². The highest BCUT2D eigenvalue weighted by molar-refractivity contribution is 5.84. The Morgan fingerprint density at radius 3 is 2.90 bits per heavy atom. The Labute approximate surface area is 117 Å². The first kappa shape index (κ1) is 14.2. The summed E-state index contributed by atoms with van der Waals surface area (Å²) in [5.41, 5.74) is 6.22. The number of para-hydroxylation sites is 1. The van der Waals surface area contributed by atoms with E-state index in [1.54, 1.807) is 29.2 Å². The van der Waals surface area contributed by atoms with Gasteiger partial charge in [0.2, 0.25) is 5.91 Å². The van der Waals surface area contributed by atoms with Gasteiger partial charge in [0, 0.05) is 24.6 Å². The van der Waals surface area contributed by atoms with Crippen LogP contribution < -0.4 is 5.73 Å². The Bertz CT molecular complexity index is 516. The van der Waals surface area contributed by atoms with E-state index in [0.29, 0.717) is 18.7 Å². The molecule has 0 aromatic heterocycles. The molecule has 6 heteroatoms. The minimum atomic E-state index is -0.0953. The maximum atomic E-state index is 12.2. The summed E-state index contributed by atoms with van der Waals surface area (Å²) in [4.78, 5) is 14.0. The monoisotopic (exact) mass is 277 g/mol. The van der Waals surface area contributed by atoms with E-state index >= 15 is 0 Å². The van der Waals surface area contributed by atoms with Gasteiger partial charge < -0.3 is 20.9 Å². The number of hydrogen-bond acceptors (Lipinski definition) is 4. The molecule has 1 aromatic rings. The van der Waals surface area contributed by atoms with Crippen molar-refractivity contribution in [2.45, 2.75) is 19.3 Å². The molecule has 0 saturated carbocycles. The third kappa shape index (κ3) is 3.20. The van der Waals surface area contributed by atoms with Crippen molar-refractivity contribution in [1.82, 2.24) is 4.90 Å². The number of nitrogens with two attached hydrogens (primary N) is 1. The molecule has 20 heavy (non-hydrogen) atoms. The average Bonchev–Trinajstić information content (AvgIpc) is 2.49. The molecule has 108 valence electrons. The SMILES string of the molecule is N/C(=N/O)C1CCCN(C(=O)Cc2ccccc2O)C1. The molecule has 1 heterocycles. The third-order valence-corrected chi connectivity index (χ3v) is 3.64. The highest BCUT2D eigenvalue weighted by Gasteiger charge is 2.26. The summed E-state index contributed by atoms with van der Waals surface area (Å²) < 4.78 is 0. The van der Waals surface area contributed by atoms with Crippen LogP contribution in [0.2, 0.25) is 0 Å². The van der Waals surface area contributed by atoms with Crippen LogP contribution >= 0.6 is 0 Å². The van der Waals surface area contributed by atoms with E-state index in [2.05, 4.69) is 5.16 Å². The van der Waals surface area contributed by atoms with E-state index < -0.39 is 0 Å². The maximum Gasteiger partial charge on any atom is 0.227 e. The Kier molecular flexibility index (Phi) is 4.45. The van der Waals surface area contributed by atoms with Crippen molar-refractivity contribution in [3.63, 3.8) is 0 Å². The maximum absolute atomic E-state index is 12.2. The van der Waals surface area contributed by atoms with Gasteiger partial charge in [-0.15, -0.1) is 0 Å². The number of phenols is 1. The van der Waals surface area contributed by atoms with Gasteiger partial charge in [0.15, 0.2) is 0 Å². The number of oxime groups is 1. The normalized spacial score (nSPS) is 19.9. The molecule has 1 unspecified atom stereocenters. The van der Waals surface area contributed by atoms with Crippen LogP contribution in [-0.2, 0) is 11.2 Å². The summed E-state index contributed by atoms with van der Waals surface area (Å²) in [6, 6.07) is 6.81. The van der Waals surface area contributed by atoms with Gasteiger partial charge in [-0.25, -0.2) is 0 Å². The first-order valence-electron chi connectivity index (χ1n) is 6.64. The first-order valence-corrected chi connectivity index (χ1v) is 6.64. The first-order chi connectivity index (χ1) is 9.61. The second-order valence-electron chi connectivity index (χ2n) is 5.01. The highest BCUT2D eigenvalue weighted by Crippen LogP contribution is 2.20. The smallest absolute Gasteiger partial charge is 0.227 e. The zero-order valence-electron chi connectivity index (χ0n) is 11.2. The van der Waals surface area contributed by atoms with Gasteiger partial charge in [-0.3, -0.25) is 4.79 Å². The van der Waals surface area contributed by atoms with Gasteiger partial charge in [0.1, 0.15) is 11.6 Å². The Hall–Kier alpha value is -2.24. The number of piperidine rings is 1. The molecule has 1 fully saturated rings. The number of hydrogen-bond donors (Lipinski definition) is 3. The number of likely N-dealkylation sites (tertiary alicyclic amines) is 1. The van der Waals surface area contributed by atoms with Gasteiger partial charge in [-0.05, 0) is 18.9 Å². The summed E-state index contributed by atoms with van der Waals surface area (Å²) in [6.07, 6.45) is 1.80. The van der Waals surface area contributed by atoms with Gasteiger partial charge in [0.25, 0.3) is 0 Å². The molecule has 0 radical (unpaired) electrons. The molecular formula is C14H19N3O3. The van der Waals surface area contributed by atoms with Gasteiger partial charge in [0.05, 0.1) is 6.42 Å². The second kappa shape index (κ2) is 6.27. The molecule has 1 amide bonds. The van der Waals surface area contributed by atoms with Crippen LogP contribution in [0.4, 0.5) is 0 Å². The quantitative estimate of drug-likeness (QED) is 0.331. The van der Waals surface area contributed by atoms with Crippen molar-refractivity contribution in [3.05, 3.63) is 29.8 Å². The lowest BCUT2D eigenvalue weighted by Crippen LogP contribution is -2.44. The number of amidine groups is 1. The van der Waals surface area contributed by atoms with Crippen molar-refractivity contribution in [3.8, 4) is 5.75 Å². The lowest BCUT2D eigenvalue weighted by Gasteiger charge is -2.32. The Morgan fingerprint density at radius 1 is 1.45 bits per heavy atom. The summed E-state index contributed by atoms with van der Waals surface area (Å²) in [6.45, 7) is 1.13. The standard InChI is InChI=1S/C14H19N3O3/c15-14(16-20)11-5-3-7-17(9-11)13(19)8-10-4-1-2-6-12(10)18/h1-2,4,6,11,18,20H,3,5,7-9H2,(H2,15,16). The van der Waals surface area contributed by atoms with E-state index in [1.807, 2.05) is 0 Å². The molecule has 2 rings (SSSR count). The van der Waals surface area contributed by atoms with Gasteiger partial charge in [-0.1, -0.05) is 23.4 Å². The van der Waals surface area contributed by atoms with Crippen LogP contribution in [0.1, 0.15) is 18.4 Å². The molecule has 1 aromatic carbocycles. The number of amides is 1. The fourth-order valence-corrected chi connectivity index (χ4v) is 2.46. The number of carbonyl (C=O) groups is 1. The number of carbonyl (C=O) groups excluding carboxylic acids is 1. The van der Waals surface area contributed by atoms with Crippen molar-refractivity contribution in [1.29, 1.82) is 0 Å². The predicted molar refractivity (Wildman–Crippen MR) is 74.5 cm³/mol. The minimum Gasteiger partial charge on any atom is -0.508 e. The lowest BCUT2D eigenvalue weighted by molar-refractivity contribution is -0.131. The van der Waals surface area contributed by atoms with E-state index in [-0.39, 0.29) is 29.8 Å². The molecule has 1 atom stereocenters. The fourth-order valence-electron chi connectivity index (χ4n) is 2.46. The Balaban J connectivity index is 2.01. The van der Waals surface area contributed by atoms with E-state index in [9.17, 15) is 9.90 Å². The topological polar surface area (TPSA) is 99.2 Å². The van der Waals surface area contributed by atoms with Crippen LogP contribution in [0.5, 0.6) is 5.75 Å². The average molecular weight is 277 g/mol. The second-order valence-corrected chi connectivity index (χ2v) is 5.01. The van der Waals surface area contributed by atoms with Gasteiger partial charge >= 0.3 is 0 Å². The molecule has 0 spiro atoms. The number of aromatic hydroxyl groups is 1. The number of phenolic OH excluding ortho intramolecular Hbond substituents is 1. The molecule has 1 aliphatic heterocycles. The molecule has 0 aliphatic carbocycles.